The Morgan fingerprint density at radius 2 is 1.75 bits per heavy atom. The van der Waals surface area contributed by atoms with Gasteiger partial charge in [0.1, 0.15) is 18.3 Å². The maximum absolute atomic E-state index is 9.24. The van der Waals surface area contributed by atoms with Crippen LogP contribution in [0.1, 0.15) is 0 Å². The number of rotatable bonds is 1. The fourth-order valence-corrected chi connectivity index (χ4v) is 1.34. The van der Waals surface area contributed by atoms with Crippen molar-refractivity contribution in [2.45, 2.75) is 30.0 Å². The average molecular weight is 199 g/mol. The van der Waals surface area contributed by atoms with Crippen molar-refractivity contribution in [3.63, 3.8) is 0 Å². The molecule has 0 aromatic carbocycles. The van der Waals surface area contributed by atoms with Crippen LogP contribution in [-0.2, 0) is 4.74 Å². The minimum atomic E-state index is -1.45. The van der Waals surface area contributed by atoms with Gasteiger partial charge in [-0.05, 0) is 0 Å². The van der Waals surface area contributed by atoms with Crippen LogP contribution in [0.2, 0.25) is 0 Å². The van der Waals surface area contributed by atoms with E-state index in [2.05, 4.69) is 4.74 Å². The minimum absolute atomic E-state index is 0.450. The molecule has 1 fully saturated rings. The van der Waals surface area contributed by atoms with Gasteiger partial charge in [0.15, 0.2) is 6.29 Å². The molecule has 1 aliphatic heterocycles. The summed E-state index contributed by atoms with van der Waals surface area (Å²) in [6.07, 6.45) is -4.89. The summed E-state index contributed by atoms with van der Waals surface area (Å²) >= 11 is 5.53. The first-order valence-corrected chi connectivity index (χ1v) is 3.96. The molecular weight excluding hydrogens is 188 g/mol. The van der Waals surface area contributed by atoms with Gasteiger partial charge in [-0.25, -0.2) is 0 Å². The summed E-state index contributed by atoms with van der Waals surface area (Å²) in [7, 11) is 0. The molecule has 1 saturated heterocycles. The van der Waals surface area contributed by atoms with Gasteiger partial charge in [-0.2, -0.15) is 0 Å². The zero-order valence-corrected chi connectivity index (χ0v) is 6.92. The van der Waals surface area contributed by atoms with Crippen molar-refractivity contribution >= 4 is 11.6 Å². The molecule has 0 aromatic heterocycles. The molecule has 0 aromatic rings. The summed E-state index contributed by atoms with van der Waals surface area (Å²) < 4.78 is 4.65. The third kappa shape index (κ3) is 1.71. The predicted molar refractivity (Wildman–Crippen MR) is 39.6 cm³/mol. The highest BCUT2D eigenvalue weighted by atomic mass is 35.5. The van der Waals surface area contributed by atoms with Gasteiger partial charge in [-0.1, -0.05) is 0 Å². The van der Waals surface area contributed by atoms with Gasteiger partial charge in [0.05, 0.1) is 12.0 Å². The van der Waals surface area contributed by atoms with Crippen molar-refractivity contribution in [1.29, 1.82) is 0 Å². The lowest BCUT2D eigenvalue weighted by molar-refractivity contribution is -0.249. The summed E-state index contributed by atoms with van der Waals surface area (Å²) in [5.74, 6) is 0. The Morgan fingerprint density at radius 3 is 2.25 bits per heavy atom. The van der Waals surface area contributed by atoms with Crippen LogP contribution in [0, 0.1) is 0 Å². The van der Waals surface area contributed by atoms with Crippen molar-refractivity contribution in [3.8, 4) is 0 Å². The van der Waals surface area contributed by atoms with E-state index in [-0.39, 0.29) is 0 Å². The maximum atomic E-state index is 9.24. The van der Waals surface area contributed by atoms with Gasteiger partial charge in [0, 0.05) is 0 Å². The van der Waals surface area contributed by atoms with Crippen LogP contribution >= 0.6 is 11.6 Å². The predicted octanol–water partition coefficient (Wildman–Crippen LogP) is -1.97. The van der Waals surface area contributed by atoms with Crippen LogP contribution in [0.5, 0.6) is 0 Å². The van der Waals surface area contributed by atoms with Gasteiger partial charge in [-0.15, -0.1) is 11.6 Å². The topological polar surface area (TPSA) is 90.2 Å². The molecule has 1 rings (SSSR count). The van der Waals surface area contributed by atoms with E-state index in [1.807, 2.05) is 0 Å². The molecule has 3 unspecified atom stereocenters. The van der Waals surface area contributed by atoms with E-state index in [1.165, 1.54) is 0 Å². The van der Waals surface area contributed by atoms with E-state index in [9.17, 15) is 5.11 Å². The Kier molecular flexibility index (Phi) is 3.28. The second-order valence-electron chi connectivity index (χ2n) is 2.67. The molecule has 0 spiro atoms. The lowest BCUT2D eigenvalue weighted by atomic mass is 10.0. The summed E-state index contributed by atoms with van der Waals surface area (Å²) in [4.78, 5) is 0. The van der Waals surface area contributed by atoms with Gasteiger partial charge >= 0.3 is 0 Å². The number of aliphatic hydroxyl groups excluding tert-OH is 4. The Labute approximate surface area is 74.2 Å². The third-order valence-corrected chi connectivity index (χ3v) is 2.34. The first-order valence-electron chi connectivity index (χ1n) is 3.52. The molecule has 72 valence electrons. The van der Waals surface area contributed by atoms with E-state index in [1.54, 1.807) is 0 Å². The van der Waals surface area contributed by atoms with Crippen molar-refractivity contribution in [3.05, 3.63) is 0 Å². The summed E-state index contributed by atoms with van der Waals surface area (Å²) in [6, 6.07) is 0. The van der Waals surface area contributed by atoms with E-state index < -0.39 is 36.6 Å². The number of ether oxygens (including phenoxy) is 1. The van der Waals surface area contributed by atoms with E-state index in [0.717, 1.165) is 0 Å². The van der Waals surface area contributed by atoms with Crippen molar-refractivity contribution in [2.24, 2.45) is 0 Å². The molecule has 0 amide bonds. The molecule has 6 heteroatoms. The Hall–Kier alpha value is 0.0900. The lowest BCUT2D eigenvalue weighted by Gasteiger charge is -2.37. The van der Waals surface area contributed by atoms with Crippen LogP contribution in [0.15, 0.2) is 0 Å². The van der Waals surface area contributed by atoms with Gasteiger partial charge < -0.3 is 25.2 Å². The quantitative estimate of drug-likeness (QED) is 0.367. The number of halogens is 1. The Morgan fingerprint density at radius 1 is 1.17 bits per heavy atom. The molecule has 12 heavy (non-hydrogen) atoms. The number of hydrogen-bond donors (Lipinski definition) is 4. The van der Waals surface area contributed by atoms with Crippen LogP contribution < -0.4 is 0 Å². The number of aliphatic hydroxyl groups is 4. The van der Waals surface area contributed by atoms with E-state index in [0.29, 0.717) is 0 Å². The number of alkyl halides is 1. The summed E-state index contributed by atoms with van der Waals surface area (Å²) in [6.45, 7) is -0.450. The molecular formula is C6H11ClO5. The van der Waals surface area contributed by atoms with Crippen LogP contribution in [0.25, 0.3) is 0 Å². The zero-order valence-electron chi connectivity index (χ0n) is 6.17. The van der Waals surface area contributed by atoms with E-state index >= 15 is 0 Å². The lowest BCUT2D eigenvalue weighted by Crippen LogP contribution is -2.56. The molecule has 0 bridgehead atoms. The number of hydrogen-bond acceptors (Lipinski definition) is 5. The molecule has 0 aliphatic carbocycles. The smallest absolute Gasteiger partial charge is 0.182 e. The molecule has 0 saturated carbocycles. The highest BCUT2D eigenvalue weighted by Gasteiger charge is 2.42. The summed E-state index contributed by atoms with van der Waals surface area (Å²) in [5.41, 5.74) is 0. The fourth-order valence-electron chi connectivity index (χ4n) is 1.06. The fraction of sp³-hybridized carbons (Fsp3) is 1.00. The SMILES string of the molecule is OCC1OC(O)[C@@H](O)C(Cl)[C@@H]1O. The van der Waals surface area contributed by atoms with Gasteiger partial charge in [0.2, 0.25) is 0 Å². The van der Waals surface area contributed by atoms with Crippen LogP contribution in [-0.4, -0.2) is 57.0 Å². The molecule has 0 radical (unpaired) electrons. The third-order valence-electron chi connectivity index (χ3n) is 1.82. The average Bonchev–Trinajstić information content (AvgIpc) is 2.08. The van der Waals surface area contributed by atoms with E-state index in [4.69, 9.17) is 26.9 Å². The second-order valence-corrected chi connectivity index (χ2v) is 3.18. The standard InChI is InChI=1S/C6H11ClO5/c7-3-4(9)2(1-8)12-6(11)5(3)10/h2-6,8-11H,1H2/t2?,3?,4-,5+,6?/m1/s1. The largest absolute Gasteiger partial charge is 0.394 e. The highest BCUT2D eigenvalue weighted by Crippen LogP contribution is 2.23. The second kappa shape index (κ2) is 3.87. The monoisotopic (exact) mass is 198 g/mol. The molecule has 1 aliphatic rings. The first kappa shape index (κ1) is 10.2. The molecule has 4 N–H and O–H groups in total. The van der Waals surface area contributed by atoms with Crippen molar-refractivity contribution < 1.29 is 25.2 Å². The van der Waals surface area contributed by atoms with Gasteiger partial charge in [0.25, 0.3) is 0 Å². The van der Waals surface area contributed by atoms with Crippen molar-refractivity contribution in [1.82, 2.24) is 0 Å². The molecule has 5 atom stereocenters. The Balaban J connectivity index is 2.63. The van der Waals surface area contributed by atoms with Crippen LogP contribution in [0.4, 0.5) is 0 Å². The first-order chi connectivity index (χ1) is 5.57. The maximum Gasteiger partial charge on any atom is 0.182 e. The molecule has 5 nitrogen and oxygen atoms in total. The minimum Gasteiger partial charge on any atom is -0.394 e. The summed E-state index contributed by atoms with van der Waals surface area (Å²) in [5, 5.41) is 34.9. The normalized spacial score (nSPS) is 49.2. The van der Waals surface area contributed by atoms with Crippen molar-refractivity contribution in [2.75, 3.05) is 6.61 Å². The Bertz CT molecular complexity index is 150. The molecule has 1 heterocycles. The zero-order chi connectivity index (χ0) is 9.30. The van der Waals surface area contributed by atoms with Crippen LogP contribution in [0.3, 0.4) is 0 Å². The van der Waals surface area contributed by atoms with Gasteiger partial charge in [-0.3, -0.25) is 0 Å². The highest BCUT2D eigenvalue weighted by molar-refractivity contribution is 6.21.